The van der Waals surface area contributed by atoms with Gasteiger partial charge in [0.2, 0.25) is 0 Å². The Kier molecular flexibility index (Phi) is 6.27. The Bertz CT molecular complexity index is 2100. The smallest absolute Gasteiger partial charge is 0.159 e. The molecule has 1 aliphatic rings. The van der Waals surface area contributed by atoms with Gasteiger partial charge in [-0.1, -0.05) is 152 Å². The van der Waals surface area contributed by atoms with Crippen LogP contribution in [-0.4, -0.2) is 9.97 Å². The molecule has 0 aliphatic heterocycles. The van der Waals surface area contributed by atoms with E-state index >= 15 is 0 Å². The van der Waals surface area contributed by atoms with Crippen molar-refractivity contribution in [1.82, 2.24) is 9.97 Å². The van der Waals surface area contributed by atoms with E-state index in [2.05, 4.69) is 153 Å². The molecule has 44 heavy (non-hydrogen) atoms. The summed E-state index contributed by atoms with van der Waals surface area (Å²) >= 11 is 0. The summed E-state index contributed by atoms with van der Waals surface area (Å²) in [5, 5.41) is 0. The largest absolute Gasteiger partial charge is 0.236 e. The second kappa shape index (κ2) is 10.6. The van der Waals surface area contributed by atoms with E-state index in [-0.39, 0.29) is 0 Å². The highest BCUT2D eigenvalue weighted by Crippen LogP contribution is 2.56. The van der Waals surface area contributed by atoms with Crippen LogP contribution in [0.15, 0.2) is 164 Å². The molecule has 1 unspecified atom stereocenters. The van der Waals surface area contributed by atoms with Gasteiger partial charge in [-0.2, -0.15) is 0 Å². The van der Waals surface area contributed by atoms with Crippen LogP contribution in [0.3, 0.4) is 0 Å². The zero-order valence-electron chi connectivity index (χ0n) is 24.5. The van der Waals surface area contributed by atoms with Crippen molar-refractivity contribution in [2.45, 2.75) is 12.3 Å². The highest BCUT2D eigenvalue weighted by Gasteiger charge is 2.48. The number of hydrogen-bond donors (Lipinski definition) is 0. The number of nitrogens with zero attached hydrogens (tertiary/aromatic N) is 2. The summed E-state index contributed by atoms with van der Waals surface area (Å²) in [6.45, 7) is 2.22. The van der Waals surface area contributed by atoms with Gasteiger partial charge in [-0.15, -0.1) is 0 Å². The Hall–Kier alpha value is -5.60. The second-order valence-corrected chi connectivity index (χ2v) is 11.5. The number of benzene rings is 6. The third kappa shape index (κ3) is 4.11. The van der Waals surface area contributed by atoms with Gasteiger partial charge in [0.05, 0.1) is 11.1 Å². The minimum absolute atomic E-state index is 0.563. The first kappa shape index (κ1) is 26.1. The standard InChI is InChI=1S/C42H30N2/c1-29-21-22-34(32-25-23-31(24-26-32)30-13-5-2-6-14-30)27-38(29)42(35-17-9-4-10-18-35)37-20-12-11-19-36(37)40-39(42)28-43-41(44-40)33-15-7-3-8-16-33/h2-28H,1H3. The lowest BCUT2D eigenvalue weighted by Crippen LogP contribution is -2.30. The summed E-state index contributed by atoms with van der Waals surface area (Å²) < 4.78 is 0. The molecule has 1 aromatic heterocycles. The third-order valence-electron chi connectivity index (χ3n) is 8.98. The van der Waals surface area contributed by atoms with Crippen LogP contribution in [0, 0.1) is 6.92 Å². The number of fused-ring (bicyclic) bond motifs is 3. The molecule has 6 aromatic carbocycles. The molecule has 0 bridgehead atoms. The normalized spacial score (nSPS) is 15.0. The van der Waals surface area contributed by atoms with Crippen molar-refractivity contribution in [3.05, 3.63) is 192 Å². The van der Waals surface area contributed by atoms with Crippen LogP contribution < -0.4 is 0 Å². The van der Waals surface area contributed by atoms with Crippen molar-refractivity contribution in [3.63, 3.8) is 0 Å². The molecule has 2 nitrogen and oxygen atoms in total. The Morgan fingerprint density at radius 2 is 1.00 bits per heavy atom. The lowest BCUT2D eigenvalue weighted by atomic mass is 9.66. The lowest BCUT2D eigenvalue weighted by Gasteiger charge is -2.35. The van der Waals surface area contributed by atoms with Crippen LogP contribution in [-0.2, 0) is 5.41 Å². The molecule has 8 rings (SSSR count). The molecule has 1 heterocycles. The van der Waals surface area contributed by atoms with Gasteiger partial charge in [0.15, 0.2) is 5.82 Å². The summed E-state index contributed by atoms with van der Waals surface area (Å²) in [7, 11) is 0. The van der Waals surface area contributed by atoms with E-state index in [0.717, 1.165) is 28.2 Å². The average molecular weight is 563 g/mol. The highest BCUT2D eigenvalue weighted by atomic mass is 14.9. The van der Waals surface area contributed by atoms with E-state index in [1.54, 1.807) is 0 Å². The topological polar surface area (TPSA) is 25.8 Å². The molecule has 1 aliphatic carbocycles. The fourth-order valence-electron chi connectivity index (χ4n) is 6.89. The quantitative estimate of drug-likeness (QED) is 0.209. The maximum Gasteiger partial charge on any atom is 0.159 e. The van der Waals surface area contributed by atoms with Crippen LogP contribution in [0.1, 0.15) is 27.8 Å². The second-order valence-electron chi connectivity index (χ2n) is 11.5. The van der Waals surface area contributed by atoms with Gasteiger partial charge < -0.3 is 0 Å². The molecular weight excluding hydrogens is 532 g/mol. The summed E-state index contributed by atoms with van der Waals surface area (Å²) in [6, 6.07) is 56.2. The van der Waals surface area contributed by atoms with Gasteiger partial charge >= 0.3 is 0 Å². The first-order valence-electron chi connectivity index (χ1n) is 15.1. The molecule has 0 N–H and O–H groups in total. The zero-order valence-corrected chi connectivity index (χ0v) is 24.5. The fraction of sp³-hybridized carbons (Fsp3) is 0.0476. The van der Waals surface area contributed by atoms with Gasteiger partial charge in [-0.05, 0) is 57.5 Å². The monoisotopic (exact) mass is 562 g/mol. The molecule has 0 saturated heterocycles. The van der Waals surface area contributed by atoms with Gasteiger partial charge in [0.25, 0.3) is 0 Å². The molecule has 7 aromatic rings. The van der Waals surface area contributed by atoms with Crippen LogP contribution in [0.2, 0.25) is 0 Å². The van der Waals surface area contributed by atoms with Crippen LogP contribution in [0.25, 0.3) is 44.9 Å². The number of rotatable bonds is 5. The highest BCUT2D eigenvalue weighted by molar-refractivity contribution is 5.86. The van der Waals surface area contributed by atoms with E-state index in [1.807, 2.05) is 18.2 Å². The predicted octanol–water partition coefficient (Wildman–Crippen LogP) is 10.1. The maximum absolute atomic E-state index is 5.25. The molecule has 1 atom stereocenters. The molecule has 0 fully saturated rings. The Morgan fingerprint density at radius 3 is 1.70 bits per heavy atom. The Labute approximate surface area is 258 Å². The van der Waals surface area contributed by atoms with Crippen LogP contribution in [0.5, 0.6) is 0 Å². The van der Waals surface area contributed by atoms with E-state index in [0.29, 0.717) is 0 Å². The summed E-state index contributed by atoms with van der Waals surface area (Å²) in [6.07, 6.45) is 2.07. The van der Waals surface area contributed by atoms with Gasteiger partial charge in [-0.3, -0.25) is 0 Å². The minimum Gasteiger partial charge on any atom is -0.236 e. The summed E-state index contributed by atoms with van der Waals surface area (Å²) in [5.41, 5.74) is 13.5. The van der Waals surface area contributed by atoms with Crippen molar-refractivity contribution in [1.29, 1.82) is 0 Å². The molecule has 208 valence electrons. The molecular formula is C42H30N2. The van der Waals surface area contributed by atoms with E-state index < -0.39 is 5.41 Å². The Morgan fingerprint density at radius 1 is 0.455 bits per heavy atom. The number of hydrogen-bond acceptors (Lipinski definition) is 2. The van der Waals surface area contributed by atoms with Crippen molar-refractivity contribution in [2.75, 3.05) is 0 Å². The summed E-state index contributed by atoms with van der Waals surface area (Å²) in [5.74, 6) is 0.743. The minimum atomic E-state index is -0.563. The summed E-state index contributed by atoms with van der Waals surface area (Å²) in [4.78, 5) is 10.2. The molecule has 0 saturated carbocycles. The molecule has 0 spiro atoms. The van der Waals surface area contributed by atoms with E-state index in [1.165, 1.54) is 44.5 Å². The number of aromatic nitrogens is 2. The first-order chi connectivity index (χ1) is 21.7. The SMILES string of the molecule is Cc1ccc(-c2ccc(-c3ccccc3)cc2)cc1C1(c2ccccc2)c2ccccc2-c2nc(-c3ccccc3)ncc21. The maximum atomic E-state index is 5.25. The fourth-order valence-corrected chi connectivity index (χ4v) is 6.89. The zero-order chi connectivity index (χ0) is 29.5. The lowest BCUT2D eigenvalue weighted by molar-refractivity contribution is 0.754. The first-order valence-corrected chi connectivity index (χ1v) is 15.1. The van der Waals surface area contributed by atoms with Gasteiger partial charge in [0, 0.05) is 22.9 Å². The van der Waals surface area contributed by atoms with Gasteiger partial charge in [0.1, 0.15) is 0 Å². The molecule has 0 radical (unpaired) electrons. The predicted molar refractivity (Wildman–Crippen MR) is 180 cm³/mol. The van der Waals surface area contributed by atoms with Crippen molar-refractivity contribution >= 4 is 0 Å². The van der Waals surface area contributed by atoms with Crippen molar-refractivity contribution < 1.29 is 0 Å². The van der Waals surface area contributed by atoms with Crippen molar-refractivity contribution in [2.24, 2.45) is 0 Å². The van der Waals surface area contributed by atoms with E-state index in [4.69, 9.17) is 9.97 Å². The Balaban J connectivity index is 1.36. The molecule has 2 heteroatoms. The van der Waals surface area contributed by atoms with E-state index in [9.17, 15) is 0 Å². The van der Waals surface area contributed by atoms with Gasteiger partial charge in [-0.25, -0.2) is 9.97 Å². The van der Waals surface area contributed by atoms with Crippen molar-refractivity contribution in [3.8, 4) is 44.9 Å². The molecule has 0 amide bonds. The average Bonchev–Trinajstić information content (AvgIpc) is 3.40. The third-order valence-corrected chi connectivity index (χ3v) is 8.98. The number of aryl methyl sites for hydroxylation is 1. The van der Waals surface area contributed by atoms with Crippen LogP contribution in [0.4, 0.5) is 0 Å². The van der Waals surface area contributed by atoms with Crippen LogP contribution >= 0.6 is 0 Å².